The molecule has 1 unspecified atom stereocenters. The molecule has 88 valence electrons. The normalized spacial score (nSPS) is 19.6. The summed E-state index contributed by atoms with van der Waals surface area (Å²) in [4.78, 5) is 0. The Kier molecular flexibility index (Phi) is 3.94. The van der Waals surface area contributed by atoms with Crippen molar-refractivity contribution in [1.82, 2.24) is 5.32 Å². The predicted octanol–water partition coefficient (Wildman–Crippen LogP) is 3.81. The van der Waals surface area contributed by atoms with Crippen molar-refractivity contribution in [2.45, 2.75) is 51.1 Å². The van der Waals surface area contributed by atoms with Gasteiger partial charge in [-0.2, -0.15) is 0 Å². The molecule has 1 N–H and O–H groups in total. The Labute approximate surface area is 97.1 Å². The molecule has 1 nitrogen and oxygen atoms in total. The van der Waals surface area contributed by atoms with Crippen molar-refractivity contribution in [2.24, 2.45) is 0 Å². The largest absolute Gasteiger partial charge is 0.307 e. The van der Waals surface area contributed by atoms with E-state index in [1.54, 1.807) is 6.07 Å². The quantitative estimate of drug-likeness (QED) is 0.818. The molecule has 1 fully saturated rings. The van der Waals surface area contributed by atoms with E-state index < -0.39 is 0 Å². The Bertz CT molecular complexity index is 331. The molecule has 1 saturated carbocycles. The van der Waals surface area contributed by atoms with E-state index in [2.05, 4.69) is 5.32 Å². The summed E-state index contributed by atoms with van der Waals surface area (Å²) >= 11 is 0. The van der Waals surface area contributed by atoms with Crippen LogP contribution in [0.25, 0.3) is 0 Å². The van der Waals surface area contributed by atoms with Crippen LogP contribution in [0.1, 0.15) is 50.6 Å². The molecule has 1 aromatic rings. The first-order valence-electron chi connectivity index (χ1n) is 6.28. The number of hydrogen-bond donors (Lipinski definition) is 1. The first-order chi connectivity index (χ1) is 7.77. The lowest BCUT2D eigenvalue weighted by Crippen LogP contribution is -2.33. The number of nitrogens with one attached hydrogen (secondary N) is 1. The Hall–Kier alpha value is -0.890. The van der Waals surface area contributed by atoms with Gasteiger partial charge in [0.1, 0.15) is 5.82 Å². The van der Waals surface area contributed by atoms with E-state index in [1.165, 1.54) is 38.2 Å². The first kappa shape index (κ1) is 11.6. The number of hydrogen-bond acceptors (Lipinski definition) is 1. The van der Waals surface area contributed by atoms with Gasteiger partial charge in [0, 0.05) is 17.6 Å². The van der Waals surface area contributed by atoms with Gasteiger partial charge in [0.2, 0.25) is 0 Å². The van der Waals surface area contributed by atoms with Gasteiger partial charge in [-0.25, -0.2) is 4.39 Å². The van der Waals surface area contributed by atoms with E-state index in [0.717, 1.165) is 5.56 Å². The summed E-state index contributed by atoms with van der Waals surface area (Å²) in [5, 5.41) is 3.54. The average Bonchev–Trinajstić information content (AvgIpc) is 2.31. The molecule has 1 atom stereocenters. The molecule has 1 aliphatic rings. The lowest BCUT2D eigenvalue weighted by molar-refractivity contribution is 0.343. The fourth-order valence-electron chi connectivity index (χ4n) is 2.54. The maximum atomic E-state index is 13.6. The smallest absolute Gasteiger partial charge is 0.127 e. The molecule has 2 rings (SSSR count). The first-order valence-corrected chi connectivity index (χ1v) is 6.28. The maximum Gasteiger partial charge on any atom is 0.127 e. The van der Waals surface area contributed by atoms with Crippen LogP contribution in [0.15, 0.2) is 24.3 Å². The molecule has 0 radical (unpaired) electrons. The topological polar surface area (TPSA) is 12.0 Å². The van der Waals surface area contributed by atoms with Crippen LogP contribution >= 0.6 is 0 Å². The average molecular weight is 221 g/mol. The van der Waals surface area contributed by atoms with E-state index in [-0.39, 0.29) is 11.9 Å². The van der Waals surface area contributed by atoms with Gasteiger partial charge in [-0.15, -0.1) is 0 Å². The SMILES string of the molecule is CC(NC1CCCCC1)c1ccccc1F. The van der Waals surface area contributed by atoms with Crippen LogP contribution in [0.5, 0.6) is 0 Å². The second kappa shape index (κ2) is 5.44. The van der Waals surface area contributed by atoms with Crippen molar-refractivity contribution in [2.75, 3.05) is 0 Å². The molecule has 0 aliphatic heterocycles. The molecule has 2 heteroatoms. The summed E-state index contributed by atoms with van der Waals surface area (Å²) < 4.78 is 13.6. The second-order valence-electron chi connectivity index (χ2n) is 4.74. The highest BCUT2D eigenvalue weighted by molar-refractivity contribution is 5.20. The van der Waals surface area contributed by atoms with Gasteiger partial charge in [-0.3, -0.25) is 0 Å². The third-order valence-corrected chi connectivity index (χ3v) is 3.46. The van der Waals surface area contributed by atoms with Crippen LogP contribution in [0, 0.1) is 5.82 Å². The highest BCUT2D eigenvalue weighted by Crippen LogP contribution is 2.22. The number of rotatable bonds is 3. The third-order valence-electron chi connectivity index (χ3n) is 3.46. The molecule has 16 heavy (non-hydrogen) atoms. The van der Waals surface area contributed by atoms with Crippen LogP contribution in [-0.2, 0) is 0 Å². The van der Waals surface area contributed by atoms with Crippen LogP contribution in [0.4, 0.5) is 4.39 Å². The predicted molar refractivity (Wildman–Crippen MR) is 64.8 cm³/mol. The van der Waals surface area contributed by atoms with Crippen molar-refractivity contribution in [1.29, 1.82) is 0 Å². The van der Waals surface area contributed by atoms with E-state index in [9.17, 15) is 4.39 Å². The minimum Gasteiger partial charge on any atom is -0.307 e. The van der Waals surface area contributed by atoms with Crippen molar-refractivity contribution in [3.63, 3.8) is 0 Å². The van der Waals surface area contributed by atoms with Gasteiger partial charge in [-0.05, 0) is 25.8 Å². The van der Waals surface area contributed by atoms with Gasteiger partial charge in [0.05, 0.1) is 0 Å². The fourth-order valence-corrected chi connectivity index (χ4v) is 2.54. The van der Waals surface area contributed by atoms with E-state index in [0.29, 0.717) is 6.04 Å². The molecule has 1 aromatic carbocycles. The van der Waals surface area contributed by atoms with Gasteiger partial charge >= 0.3 is 0 Å². The summed E-state index contributed by atoms with van der Waals surface area (Å²) in [5.74, 6) is -0.0988. The summed E-state index contributed by atoms with van der Waals surface area (Å²) in [6.45, 7) is 2.05. The molecule has 0 bridgehead atoms. The van der Waals surface area contributed by atoms with Gasteiger partial charge in [0.25, 0.3) is 0 Å². The van der Waals surface area contributed by atoms with Crippen molar-refractivity contribution in [3.05, 3.63) is 35.6 Å². The summed E-state index contributed by atoms with van der Waals surface area (Å²) in [6.07, 6.45) is 6.44. The molecular weight excluding hydrogens is 201 g/mol. The summed E-state index contributed by atoms with van der Waals surface area (Å²) in [7, 11) is 0. The molecule has 0 spiro atoms. The fraction of sp³-hybridized carbons (Fsp3) is 0.571. The second-order valence-corrected chi connectivity index (χ2v) is 4.74. The molecule has 0 heterocycles. The highest BCUT2D eigenvalue weighted by Gasteiger charge is 2.17. The zero-order valence-corrected chi connectivity index (χ0v) is 9.88. The zero-order valence-electron chi connectivity index (χ0n) is 9.88. The zero-order chi connectivity index (χ0) is 11.4. The van der Waals surface area contributed by atoms with Crippen molar-refractivity contribution >= 4 is 0 Å². The molecule has 0 saturated heterocycles. The minimum atomic E-state index is -0.0988. The van der Waals surface area contributed by atoms with Crippen molar-refractivity contribution in [3.8, 4) is 0 Å². The molecule has 0 aromatic heterocycles. The Morgan fingerprint density at radius 1 is 1.19 bits per heavy atom. The molecule has 0 amide bonds. The summed E-state index contributed by atoms with van der Waals surface area (Å²) in [6, 6.07) is 7.74. The standard InChI is InChI=1S/C14H20FN/c1-11(13-9-5-6-10-14(13)15)16-12-7-3-2-4-8-12/h5-6,9-12,16H,2-4,7-8H2,1H3. The maximum absolute atomic E-state index is 13.6. The lowest BCUT2D eigenvalue weighted by atomic mass is 9.94. The monoisotopic (exact) mass is 221 g/mol. The van der Waals surface area contributed by atoms with Crippen LogP contribution in [0.3, 0.4) is 0 Å². The molecular formula is C14H20FN. The Balaban J connectivity index is 1.96. The van der Waals surface area contributed by atoms with Gasteiger partial charge in [0.15, 0.2) is 0 Å². The molecule has 1 aliphatic carbocycles. The van der Waals surface area contributed by atoms with E-state index in [4.69, 9.17) is 0 Å². The van der Waals surface area contributed by atoms with E-state index >= 15 is 0 Å². The van der Waals surface area contributed by atoms with E-state index in [1.807, 2.05) is 19.1 Å². The highest BCUT2D eigenvalue weighted by atomic mass is 19.1. The van der Waals surface area contributed by atoms with Crippen LogP contribution < -0.4 is 5.32 Å². The van der Waals surface area contributed by atoms with Crippen LogP contribution in [0.2, 0.25) is 0 Å². The number of halogens is 1. The Morgan fingerprint density at radius 2 is 1.88 bits per heavy atom. The van der Waals surface area contributed by atoms with Gasteiger partial charge < -0.3 is 5.32 Å². The lowest BCUT2D eigenvalue weighted by Gasteiger charge is -2.27. The summed E-state index contributed by atoms with van der Waals surface area (Å²) in [5.41, 5.74) is 0.785. The minimum absolute atomic E-state index is 0.0988. The van der Waals surface area contributed by atoms with Gasteiger partial charge in [-0.1, -0.05) is 37.5 Å². The Morgan fingerprint density at radius 3 is 2.56 bits per heavy atom. The number of benzene rings is 1. The van der Waals surface area contributed by atoms with Crippen LogP contribution in [-0.4, -0.2) is 6.04 Å². The van der Waals surface area contributed by atoms with Crippen molar-refractivity contribution < 1.29 is 4.39 Å². The third kappa shape index (κ3) is 2.82.